The number of carbonyl (C=O) groups is 3. The van der Waals surface area contributed by atoms with Gasteiger partial charge in [0.1, 0.15) is 25.3 Å². The van der Waals surface area contributed by atoms with Crippen molar-refractivity contribution in [3.05, 3.63) is 76.0 Å². The molecule has 1 saturated heterocycles. The van der Waals surface area contributed by atoms with E-state index in [1.54, 1.807) is 23.1 Å². The molecule has 1 aromatic heterocycles. The molecule has 1 atom stereocenters. The van der Waals surface area contributed by atoms with Gasteiger partial charge in [0.2, 0.25) is 5.91 Å². The fourth-order valence-corrected chi connectivity index (χ4v) is 5.73. The van der Waals surface area contributed by atoms with Crippen LogP contribution in [-0.4, -0.2) is 42.5 Å². The van der Waals surface area contributed by atoms with Crippen LogP contribution in [0.5, 0.6) is 11.5 Å². The summed E-state index contributed by atoms with van der Waals surface area (Å²) in [5.41, 5.74) is 1.38. The van der Waals surface area contributed by atoms with E-state index in [1.807, 2.05) is 41.8 Å². The fraction of sp³-hybridized carbons (Fsp3) is 0.269. The number of urea groups is 1. The van der Waals surface area contributed by atoms with E-state index < -0.39 is 11.6 Å². The second kappa shape index (κ2) is 8.42. The van der Waals surface area contributed by atoms with E-state index in [0.29, 0.717) is 49.8 Å². The van der Waals surface area contributed by atoms with Gasteiger partial charge in [0.15, 0.2) is 11.5 Å². The largest absolute Gasteiger partial charge is 0.486 e. The lowest BCUT2D eigenvalue weighted by Gasteiger charge is -2.27. The second-order valence-corrected chi connectivity index (χ2v) is 9.80. The molecule has 1 aliphatic carbocycles. The van der Waals surface area contributed by atoms with Crippen LogP contribution in [0.15, 0.2) is 60.0 Å². The highest BCUT2D eigenvalue weighted by Gasteiger charge is 2.55. The molecule has 8 nitrogen and oxygen atoms in total. The van der Waals surface area contributed by atoms with Crippen molar-refractivity contribution >= 4 is 34.9 Å². The summed E-state index contributed by atoms with van der Waals surface area (Å²) in [6.45, 7) is 0.866. The number of benzene rings is 2. The van der Waals surface area contributed by atoms with Crippen LogP contribution >= 0.6 is 11.3 Å². The number of aryl methyl sites for hydroxylation is 1. The third kappa shape index (κ3) is 3.63. The summed E-state index contributed by atoms with van der Waals surface area (Å²) < 4.78 is 11.3. The topological polar surface area (TPSA) is 88.2 Å². The molecule has 1 fully saturated rings. The Kier molecular flexibility index (Phi) is 5.21. The zero-order chi connectivity index (χ0) is 24.0. The van der Waals surface area contributed by atoms with E-state index in [2.05, 4.69) is 5.32 Å². The van der Waals surface area contributed by atoms with Crippen molar-refractivity contribution < 1.29 is 23.9 Å². The Morgan fingerprint density at radius 1 is 1.06 bits per heavy atom. The van der Waals surface area contributed by atoms with Crippen molar-refractivity contribution in [1.29, 1.82) is 0 Å². The minimum absolute atomic E-state index is 0.313. The van der Waals surface area contributed by atoms with E-state index in [9.17, 15) is 14.4 Å². The summed E-state index contributed by atoms with van der Waals surface area (Å²) in [4.78, 5) is 43.7. The van der Waals surface area contributed by atoms with Gasteiger partial charge in [-0.3, -0.25) is 14.5 Å². The number of imide groups is 1. The van der Waals surface area contributed by atoms with E-state index >= 15 is 0 Å². The van der Waals surface area contributed by atoms with Crippen molar-refractivity contribution in [2.45, 2.75) is 24.9 Å². The van der Waals surface area contributed by atoms with Crippen molar-refractivity contribution in [3.63, 3.8) is 0 Å². The van der Waals surface area contributed by atoms with Crippen molar-refractivity contribution in [2.24, 2.45) is 0 Å². The number of nitrogens with one attached hydrogen (secondary N) is 1. The van der Waals surface area contributed by atoms with Crippen LogP contribution in [0.4, 0.5) is 10.5 Å². The predicted molar refractivity (Wildman–Crippen MR) is 130 cm³/mol. The number of ether oxygens (including phenoxy) is 2. The molecule has 1 N–H and O–H groups in total. The molecule has 1 spiro atoms. The van der Waals surface area contributed by atoms with Gasteiger partial charge in [-0.15, -0.1) is 11.3 Å². The van der Waals surface area contributed by atoms with Gasteiger partial charge >= 0.3 is 6.03 Å². The van der Waals surface area contributed by atoms with E-state index in [0.717, 1.165) is 20.9 Å². The van der Waals surface area contributed by atoms with Gasteiger partial charge in [0.05, 0.1) is 6.54 Å². The third-order valence-corrected chi connectivity index (χ3v) is 7.61. The number of anilines is 1. The van der Waals surface area contributed by atoms with Crippen molar-refractivity contribution in [1.82, 2.24) is 10.2 Å². The Bertz CT molecular complexity index is 1320. The molecular weight excluding hydrogens is 466 g/mol. The van der Waals surface area contributed by atoms with Crippen LogP contribution in [0, 0.1) is 0 Å². The molecule has 0 bridgehead atoms. The SMILES string of the molecule is O=C1N[C@@]2(CCc3ccccc32)C(=O)N1CC(=O)N(Cc1cccs1)c1ccc2c(c1)OCCO2. The van der Waals surface area contributed by atoms with Crippen LogP contribution in [0.2, 0.25) is 0 Å². The molecule has 0 radical (unpaired) electrons. The zero-order valence-corrected chi connectivity index (χ0v) is 19.7. The van der Waals surface area contributed by atoms with E-state index in [-0.39, 0.29) is 18.4 Å². The number of nitrogens with zero attached hydrogens (tertiary/aromatic N) is 2. The highest BCUT2D eigenvalue weighted by Crippen LogP contribution is 2.41. The molecule has 2 aliphatic heterocycles. The summed E-state index contributed by atoms with van der Waals surface area (Å²) in [6.07, 6.45) is 1.19. The van der Waals surface area contributed by atoms with Crippen molar-refractivity contribution in [3.8, 4) is 11.5 Å². The molecule has 9 heteroatoms. The Morgan fingerprint density at radius 2 is 1.89 bits per heavy atom. The van der Waals surface area contributed by atoms with Gasteiger partial charge in [0, 0.05) is 16.6 Å². The minimum atomic E-state index is -1.09. The number of hydrogen-bond donors (Lipinski definition) is 1. The molecule has 3 aromatic rings. The molecule has 35 heavy (non-hydrogen) atoms. The van der Waals surface area contributed by atoms with Gasteiger partial charge in [0.25, 0.3) is 5.91 Å². The maximum atomic E-state index is 13.6. The standard InChI is InChI=1S/C26H23N3O5S/c30-23(16-29-24(31)26(27-25(29)32)10-9-17-4-1-2-6-20(17)26)28(15-19-5-3-13-35-19)18-7-8-21-22(14-18)34-12-11-33-21/h1-8,13-14H,9-12,15-16H2,(H,27,32)/t26-/m1/s1. The second-order valence-electron chi connectivity index (χ2n) is 8.77. The lowest BCUT2D eigenvalue weighted by molar-refractivity contribution is -0.134. The number of rotatable bonds is 5. The van der Waals surface area contributed by atoms with E-state index in [4.69, 9.17) is 9.47 Å². The summed E-state index contributed by atoms with van der Waals surface area (Å²) in [6, 6.07) is 16.3. The lowest BCUT2D eigenvalue weighted by Crippen LogP contribution is -2.45. The first-order chi connectivity index (χ1) is 17.0. The summed E-state index contributed by atoms with van der Waals surface area (Å²) in [7, 11) is 0. The predicted octanol–water partition coefficient (Wildman–Crippen LogP) is 3.45. The molecule has 178 valence electrons. The summed E-state index contributed by atoms with van der Waals surface area (Å²) in [5, 5.41) is 4.83. The number of hydrogen-bond acceptors (Lipinski definition) is 6. The molecule has 4 amide bonds. The van der Waals surface area contributed by atoms with Crippen molar-refractivity contribution in [2.75, 3.05) is 24.7 Å². The van der Waals surface area contributed by atoms with E-state index in [1.165, 1.54) is 11.3 Å². The molecule has 0 saturated carbocycles. The van der Waals surface area contributed by atoms with Gasteiger partial charge in [-0.1, -0.05) is 30.3 Å². The number of fused-ring (bicyclic) bond motifs is 3. The van der Waals surface area contributed by atoms with Gasteiger partial charge in [-0.25, -0.2) is 4.79 Å². The van der Waals surface area contributed by atoms with Crippen LogP contribution < -0.4 is 19.7 Å². The van der Waals surface area contributed by atoms with Crippen LogP contribution in [-0.2, 0) is 28.1 Å². The normalized spacial score (nSPS) is 20.2. The Labute approximate surface area is 206 Å². The molecule has 0 unspecified atom stereocenters. The number of carbonyl (C=O) groups excluding carboxylic acids is 3. The molecular formula is C26H23N3O5S. The number of thiophene rings is 1. The van der Waals surface area contributed by atoms with Crippen LogP contribution in [0.1, 0.15) is 22.4 Å². The quantitative estimate of drug-likeness (QED) is 0.555. The Hall–Kier alpha value is -3.85. The molecule has 6 rings (SSSR count). The Balaban J connectivity index is 1.29. The molecule has 3 heterocycles. The zero-order valence-electron chi connectivity index (χ0n) is 18.9. The number of amides is 4. The maximum Gasteiger partial charge on any atom is 0.325 e. The van der Waals surface area contributed by atoms with Crippen LogP contribution in [0.25, 0.3) is 0 Å². The highest BCUT2D eigenvalue weighted by molar-refractivity contribution is 7.09. The summed E-state index contributed by atoms with van der Waals surface area (Å²) >= 11 is 1.53. The minimum Gasteiger partial charge on any atom is -0.486 e. The fourth-order valence-electron chi connectivity index (χ4n) is 5.04. The van der Waals surface area contributed by atoms with Gasteiger partial charge in [-0.2, -0.15) is 0 Å². The first-order valence-electron chi connectivity index (χ1n) is 11.5. The average molecular weight is 490 g/mol. The smallest absolute Gasteiger partial charge is 0.325 e. The molecule has 2 aromatic carbocycles. The monoisotopic (exact) mass is 489 g/mol. The van der Waals surface area contributed by atoms with Gasteiger partial charge in [-0.05, 0) is 47.5 Å². The van der Waals surface area contributed by atoms with Gasteiger partial charge < -0.3 is 19.7 Å². The Morgan fingerprint density at radius 3 is 2.71 bits per heavy atom. The first kappa shape index (κ1) is 21.7. The highest BCUT2D eigenvalue weighted by atomic mass is 32.1. The summed E-state index contributed by atoms with van der Waals surface area (Å²) in [5.74, 6) is 0.453. The third-order valence-electron chi connectivity index (χ3n) is 6.75. The first-order valence-corrected chi connectivity index (χ1v) is 12.4. The lowest BCUT2D eigenvalue weighted by atomic mass is 9.92. The van der Waals surface area contributed by atoms with Crippen LogP contribution in [0.3, 0.4) is 0 Å². The maximum absolute atomic E-state index is 13.6. The average Bonchev–Trinajstić information content (AvgIpc) is 3.59. The molecule has 3 aliphatic rings.